The van der Waals surface area contributed by atoms with E-state index in [2.05, 4.69) is 0 Å². The molecule has 8 heteroatoms. The fourth-order valence-corrected chi connectivity index (χ4v) is 4.58. The zero-order valence-electron chi connectivity index (χ0n) is 17.2. The molecule has 0 N–H and O–H groups in total. The Morgan fingerprint density at radius 2 is 1.93 bits per heavy atom. The van der Waals surface area contributed by atoms with E-state index in [-0.39, 0.29) is 29.5 Å². The van der Waals surface area contributed by atoms with Crippen molar-refractivity contribution in [3.05, 3.63) is 40.9 Å². The van der Waals surface area contributed by atoms with Crippen LogP contribution in [0.4, 0.5) is 4.79 Å². The molecule has 0 aliphatic carbocycles. The first-order chi connectivity index (χ1) is 14.4. The third kappa shape index (κ3) is 4.15. The molecular formula is C22H25N3O4S. The highest BCUT2D eigenvalue weighted by atomic mass is 32.2. The third-order valence-electron chi connectivity index (χ3n) is 5.20. The summed E-state index contributed by atoms with van der Waals surface area (Å²) in [6.45, 7) is 6.94. The van der Waals surface area contributed by atoms with Crippen LogP contribution in [-0.4, -0.2) is 64.3 Å². The molecular weight excluding hydrogens is 402 g/mol. The molecule has 2 aliphatic rings. The number of aromatic nitrogens is 1. The Balaban J connectivity index is 1.62. The van der Waals surface area contributed by atoms with Crippen molar-refractivity contribution >= 4 is 45.8 Å². The standard InChI is InChI=1S/C22H25N3O4S/c1-15(2)12-25-21(27)19(30-22(25)28)11-16-13-24(18-6-4-3-5-17(16)18)14-20(26)23-7-9-29-10-8-23/h3-6,11,13,15H,7-10,12,14H2,1-2H3/b19-11-. The van der Waals surface area contributed by atoms with Gasteiger partial charge in [0.25, 0.3) is 11.1 Å². The van der Waals surface area contributed by atoms with Gasteiger partial charge in [0.1, 0.15) is 6.54 Å². The Kier molecular flexibility index (Phi) is 5.97. The van der Waals surface area contributed by atoms with Gasteiger partial charge in [-0.3, -0.25) is 19.3 Å². The van der Waals surface area contributed by atoms with E-state index in [1.54, 1.807) is 6.08 Å². The number of para-hydroxylation sites is 1. The van der Waals surface area contributed by atoms with Crippen molar-refractivity contribution in [2.75, 3.05) is 32.8 Å². The normalized spacial score (nSPS) is 19.0. The number of fused-ring (bicyclic) bond motifs is 1. The zero-order valence-corrected chi connectivity index (χ0v) is 18.0. The zero-order chi connectivity index (χ0) is 21.3. The molecule has 2 fully saturated rings. The van der Waals surface area contributed by atoms with Crippen LogP contribution in [0.2, 0.25) is 0 Å². The van der Waals surface area contributed by atoms with Crippen LogP contribution in [0.3, 0.4) is 0 Å². The molecule has 3 heterocycles. The van der Waals surface area contributed by atoms with Crippen LogP contribution in [-0.2, 0) is 20.9 Å². The van der Waals surface area contributed by atoms with E-state index in [1.165, 1.54) is 4.90 Å². The second-order valence-corrected chi connectivity index (χ2v) is 8.90. The quantitative estimate of drug-likeness (QED) is 0.686. The molecule has 0 atom stereocenters. The number of rotatable bonds is 5. The second kappa shape index (κ2) is 8.65. The summed E-state index contributed by atoms with van der Waals surface area (Å²) < 4.78 is 7.24. The number of nitrogens with zero attached hydrogens (tertiary/aromatic N) is 3. The summed E-state index contributed by atoms with van der Waals surface area (Å²) >= 11 is 0.973. The lowest BCUT2D eigenvalue weighted by Crippen LogP contribution is -2.42. The fourth-order valence-electron chi connectivity index (χ4n) is 3.74. The minimum absolute atomic E-state index is 0.0443. The Hall–Kier alpha value is -2.58. The van der Waals surface area contributed by atoms with E-state index < -0.39 is 0 Å². The number of thioether (sulfide) groups is 1. The maximum atomic E-state index is 12.7. The number of carbonyl (C=O) groups is 3. The van der Waals surface area contributed by atoms with E-state index in [1.807, 2.05) is 53.8 Å². The van der Waals surface area contributed by atoms with Gasteiger partial charge in [0.05, 0.1) is 18.1 Å². The first-order valence-electron chi connectivity index (χ1n) is 10.1. The van der Waals surface area contributed by atoms with Crippen molar-refractivity contribution in [3.63, 3.8) is 0 Å². The van der Waals surface area contributed by atoms with Crippen LogP contribution in [0, 0.1) is 5.92 Å². The molecule has 158 valence electrons. The lowest BCUT2D eigenvalue weighted by atomic mass is 10.1. The van der Waals surface area contributed by atoms with E-state index in [0.29, 0.717) is 37.8 Å². The highest BCUT2D eigenvalue weighted by Gasteiger charge is 2.35. The van der Waals surface area contributed by atoms with Crippen molar-refractivity contribution in [2.24, 2.45) is 5.92 Å². The maximum absolute atomic E-state index is 12.7. The van der Waals surface area contributed by atoms with Crippen LogP contribution in [0.15, 0.2) is 35.4 Å². The molecule has 0 radical (unpaired) electrons. The minimum atomic E-state index is -0.250. The highest BCUT2D eigenvalue weighted by molar-refractivity contribution is 8.18. The maximum Gasteiger partial charge on any atom is 0.293 e. The monoisotopic (exact) mass is 427 g/mol. The summed E-state index contributed by atoms with van der Waals surface area (Å²) in [5.41, 5.74) is 1.75. The van der Waals surface area contributed by atoms with Crippen molar-refractivity contribution < 1.29 is 19.1 Å². The second-order valence-electron chi connectivity index (χ2n) is 7.91. The molecule has 3 amide bonds. The van der Waals surface area contributed by atoms with E-state index in [4.69, 9.17) is 4.74 Å². The van der Waals surface area contributed by atoms with Crippen molar-refractivity contribution in [1.29, 1.82) is 0 Å². The number of ether oxygens (including phenoxy) is 1. The molecule has 4 rings (SSSR count). The average molecular weight is 428 g/mol. The van der Waals surface area contributed by atoms with Gasteiger partial charge in [-0.25, -0.2) is 0 Å². The summed E-state index contributed by atoms with van der Waals surface area (Å²) in [4.78, 5) is 41.3. The van der Waals surface area contributed by atoms with Gasteiger partial charge in [-0.05, 0) is 29.8 Å². The Morgan fingerprint density at radius 3 is 2.67 bits per heavy atom. The van der Waals surface area contributed by atoms with E-state index >= 15 is 0 Å². The molecule has 30 heavy (non-hydrogen) atoms. The average Bonchev–Trinajstić information content (AvgIpc) is 3.21. The summed E-state index contributed by atoms with van der Waals surface area (Å²) in [6, 6.07) is 7.79. The van der Waals surface area contributed by atoms with Gasteiger partial charge >= 0.3 is 0 Å². The first kappa shape index (κ1) is 20.7. The largest absolute Gasteiger partial charge is 0.378 e. The molecule has 0 saturated carbocycles. The van der Waals surface area contributed by atoms with Crippen LogP contribution >= 0.6 is 11.8 Å². The number of benzene rings is 1. The van der Waals surface area contributed by atoms with Crippen LogP contribution in [0.5, 0.6) is 0 Å². The molecule has 1 aromatic heterocycles. The molecule has 2 aliphatic heterocycles. The molecule has 7 nitrogen and oxygen atoms in total. The van der Waals surface area contributed by atoms with E-state index in [9.17, 15) is 14.4 Å². The van der Waals surface area contributed by atoms with E-state index in [0.717, 1.165) is 28.2 Å². The Labute approximate surface area is 179 Å². The summed E-state index contributed by atoms with van der Waals surface area (Å²) in [5.74, 6) is 0.00810. The molecule has 0 unspecified atom stereocenters. The van der Waals surface area contributed by atoms with Gasteiger partial charge < -0.3 is 14.2 Å². The number of imide groups is 1. The topological polar surface area (TPSA) is 71.8 Å². The predicted octanol–water partition coefficient (Wildman–Crippen LogP) is 3.19. The van der Waals surface area contributed by atoms with Crippen LogP contribution in [0.1, 0.15) is 19.4 Å². The number of carbonyl (C=O) groups excluding carboxylic acids is 3. The fraction of sp³-hybridized carbons (Fsp3) is 0.409. The van der Waals surface area contributed by atoms with Gasteiger partial charge in [-0.1, -0.05) is 32.0 Å². The lowest BCUT2D eigenvalue weighted by Gasteiger charge is -2.27. The summed E-state index contributed by atoms with van der Waals surface area (Å²) in [7, 11) is 0. The third-order valence-corrected chi connectivity index (χ3v) is 6.10. The van der Waals surface area contributed by atoms with Gasteiger partial charge in [-0.15, -0.1) is 0 Å². The van der Waals surface area contributed by atoms with Gasteiger partial charge in [0.15, 0.2) is 0 Å². The summed E-state index contributed by atoms with van der Waals surface area (Å²) in [6.07, 6.45) is 3.66. The van der Waals surface area contributed by atoms with Crippen molar-refractivity contribution in [3.8, 4) is 0 Å². The minimum Gasteiger partial charge on any atom is -0.378 e. The molecule has 0 spiro atoms. The number of amides is 3. The van der Waals surface area contributed by atoms with Crippen LogP contribution in [0.25, 0.3) is 17.0 Å². The smallest absolute Gasteiger partial charge is 0.293 e. The van der Waals surface area contributed by atoms with Crippen molar-refractivity contribution in [1.82, 2.24) is 14.4 Å². The number of morpholine rings is 1. The molecule has 2 saturated heterocycles. The molecule has 0 bridgehead atoms. The SMILES string of the molecule is CC(C)CN1C(=O)S/C(=C\c2cn(CC(=O)N3CCOCC3)c3ccccc23)C1=O. The van der Waals surface area contributed by atoms with Gasteiger partial charge in [0.2, 0.25) is 5.91 Å². The molecule has 2 aromatic rings. The Bertz CT molecular complexity index is 1020. The van der Waals surface area contributed by atoms with Crippen LogP contribution < -0.4 is 0 Å². The van der Waals surface area contributed by atoms with Crippen molar-refractivity contribution in [2.45, 2.75) is 20.4 Å². The number of hydrogen-bond acceptors (Lipinski definition) is 5. The predicted molar refractivity (Wildman–Crippen MR) is 117 cm³/mol. The number of hydrogen-bond donors (Lipinski definition) is 0. The first-order valence-corrected chi connectivity index (χ1v) is 10.9. The van der Waals surface area contributed by atoms with Gasteiger partial charge in [-0.2, -0.15) is 0 Å². The molecule has 1 aromatic carbocycles. The van der Waals surface area contributed by atoms with Gasteiger partial charge in [0, 0.05) is 42.3 Å². The Morgan fingerprint density at radius 1 is 1.20 bits per heavy atom. The lowest BCUT2D eigenvalue weighted by molar-refractivity contribution is -0.135. The summed E-state index contributed by atoms with van der Waals surface area (Å²) in [5, 5.41) is 0.717. The highest BCUT2D eigenvalue weighted by Crippen LogP contribution is 2.34.